The monoisotopic (exact) mass is 559 g/mol. The molecule has 0 spiro atoms. The van der Waals surface area contributed by atoms with Crippen LogP contribution in [0.15, 0.2) is 48.5 Å². The van der Waals surface area contributed by atoms with Crippen molar-refractivity contribution in [2.45, 2.75) is 37.5 Å². The molecule has 9 nitrogen and oxygen atoms in total. The quantitative estimate of drug-likeness (QED) is 0.597. The summed E-state index contributed by atoms with van der Waals surface area (Å²) in [5.74, 6) is -0.352. The van der Waals surface area contributed by atoms with E-state index in [1.807, 2.05) is 18.2 Å². The van der Waals surface area contributed by atoms with E-state index in [9.17, 15) is 27.6 Å². The molecular weight excluding hydrogens is 527 g/mol. The number of piperazine rings is 1. The summed E-state index contributed by atoms with van der Waals surface area (Å²) in [7, 11) is 0. The van der Waals surface area contributed by atoms with Gasteiger partial charge >= 0.3 is 18.2 Å². The van der Waals surface area contributed by atoms with Gasteiger partial charge in [-0.25, -0.2) is 9.59 Å². The van der Waals surface area contributed by atoms with Crippen LogP contribution < -0.4 is 10.6 Å². The Balaban J connectivity index is 1.31. The largest absolute Gasteiger partial charge is 0.416 e. The Labute approximate surface area is 230 Å². The van der Waals surface area contributed by atoms with E-state index in [0.29, 0.717) is 26.3 Å². The molecule has 0 aromatic heterocycles. The Kier molecular flexibility index (Phi) is 8.15. The predicted molar refractivity (Wildman–Crippen MR) is 141 cm³/mol. The summed E-state index contributed by atoms with van der Waals surface area (Å²) >= 11 is 0. The van der Waals surface area contributed by atoms with Gasteiger partial charge in [-0.05, 0) is 54.7 Å². The third-order valence-corrected chi connectivity index (χ3v) is 7.65. The number of fused-ring (bicyclic) bond motifs is 1. The number of rotatable bonds is 3. The molecule has 2 atom stereocenters. The first kappa shape index (κ1) is 27.8. The minimum Gasteiger partial charge on any atom is -0.378 e. The van der Waals surface area contributed by atoms with Gasteiger partial charge in [-0.3, -0.25) is 4.79 Å². The highest BCUT2D eigenvalue weighted by atomic mass is 19.4. The number of aryl methyl sites for hydroxylation is 1. The molecule has 1 aliphatic carbocycles. The third kappa shape index (κ3) is 6.16. The van der Waals surface area contributed by atoms with Crippen molar-refractivity contribution >= 4 is 23.7 Å². The summed E-state index contributed by atoms with van der Waals surface area (Å²) in [6.45, 7) is 1.90. The molecule has 0 saturated carbocycles. The first-order valence-electron chi connectivity index (χ1n) is 13.5. The van der Waals surface area contributed by atoms with Crippen LogP contribution in [0.4, 0.5) is 28.4 Å². The lowest BCUT2D eigenvalue weighted by atomic mass is 9.87. The molecule has 0 radical (unpaired) electrons. The predicted octanol–water partition coefficient (Wildman–Crippen LogP) is 3.87. The van der Waals surface area contributed by atoms with E-state index in [1.54, 1.807) is 4.90 Å². The molecule has 3 aliphatic rings. The minimum atomic E-state index is -4.48. The lowest BCUT2D eigenvalue weighted by molar-refractivity contribution is -0.137. The first-order valence-corrected chi connectivity index (χ1v) is 13.5. The van der Waals surface area contributed by atoms with Crippen molar-refractivity contribution in [1.82, 2.24) is 20.0 Å². The van der Waals surface area contributed by atoms with Crippen LogP contribution in [0.25, 0.3) is 0 Å². The van der Waals surface area contributed by atoms with Gasteiger partial charge in [0, 0.05) is 31.9 Å². The fourth-order valence-corrected chi connectivity index (χ4v) is 5.47. The molecule has 40 heavy (non-hydrogen) atoms. The molecule has 2 aromatic carbocycles. The molecule has 0 bridgehead atoms. The Bertz CT molecular complexity index is 1230. The molecule has 2 fully saturated rings. The van der Waals surface area contributed by atoms with Crippen LogP contribution in [-0.2, 0) is 22.1 Å². The zero-order valence-corrected chi connectivity index (χ0v) is 22.0. The maximum Gasteiger partial charge on any atom is 0.416 e. The number of nitrogens with one attached hydrogen (secondary N) is 2. The summed E-state index contributed by atoms with van der Waals surface area (Å²) in [5.41, 5.74) is 1.62. The van der Waals surface area contributed by atoms with E-state index in [1.165, 1.54) is 27.5 Å². The highest BCUT2D eigenvalue weighted by molar-refractivity contribution is 5.92. The average Bonchev–Trinajstić information content (AvgIpc) is 2.97. The van der Waals surface area contributed by atoms with Crippen molar-refractivity contribution < 1.29 is 32.3 Å². The highest BCUT2D eigenvalue weighted by Crippen LogP contribution is 2.31. The average molecular weight is 560 g/mol. The Morgan fingerprint density at radius 3 is 2.35 bits per heavy atom. The van der Waals surface area contributed by atoms with Crippen molar-refractivity contribution in [2.75, 3.05) is 51.3 Å². The lowest BCUT2D eigenvalue weighted by Gasteiger charge is -2.43. The minimum absolute atomic E-state index is 0.0528. The smallest absolute Gasteiger partial charge is 0.378 e. The van der Waals surface area contributed by atoms with Crippen molar-refractivity contribution in [2.24, 2.45) is 0 Å². The summed E-state index contributed by atoms with van der Waals surface area (Å²) in [6, 6.07) is 10.1. The van der Waals surface area contributed by atoms with E-state index >= 15 is 0 Å². The lowest BCUT2D eigenvalue weighted by Crippen LogP contribution is -2.64. The summed E-state index contributed by atoms with van der Waals surface area (Å²) in [5, 5.41) is 5.73. The van der Waals surface area contributed by atoms with Gasteiger partial charge in [0.1, 0.15) is 6.04 Å². The molecule has 2 unspecified atom stereocenters. The van der Waals surface area contributed by atoms with Crippen molar-refractivity contribution in [1.29, 1.82) is 0 Å². The van der Waals surface area contributed by atoms with Gasteiger partial charge in [0.2, 0.25) is 5.91 Å². The summed E-state index contributed by atoms with van der Waals surface area (Å²) in [6.07, 6.45) is -1.85. The second kappa shape index (κ2) is 11.7. The second-order valence-corrected chi connectivity index (χ2v) is 10.2. The van der Waals surface area contributed by atoms with Crippen LogP contribution in [0, 0.1) is 0 Å². The molecule has 5 rings (SSSR count). The van der Waals surface area contributed by atoms with E-state index in [-0.39, 0.29) is 43.3 Å². The van der Waals surface area contributed by atoms with Crippen LogP contribution in [0.2, 0.25) is 0 Å². The number of carbonyl (C=O) groups excluding carboxylic acids is 3. The number of halogens is 3. The number of urea groups is 2. The summed E-state index contributed by atoms with van der Waals surface area (Å²) in [4.78, 5) is 44.8. The Morgan fingerprint density at radius 1 is 0.900 bits per heavy atom. The van der Waals surface area contributed by atoms with E-state index in [0.717, 1.165) is 37.0 Å². The fraction of sp³-hybridized carbons (Fsp3) is 0.464. The van der Waals surface area contributed by atoms with Crippen LogP contribution in [-0.4, -0.2) is 84.6 Å². The molecule has 2 aliphatic heterocycles. The number of nitrogens with zero attached hydrogens (tertiary/aromatic N) is 3. The van der Waals surface area contributed by atoms with Gasteiger partial charge in [0.05, 0.1) is 31.4 Å². The number of hydrogen-bond acceptors (Lipinski definition) is 4. The number of benzene rings is 2. The van der Waals surface area contributed by atoms with Crippen molar-refractivity contribution in [3.63, 3.8) is 0 Å². The van der Waals surface area contributed by atoms with Gasteiger partial charge in [-0.15, -0.1) is 0 Å². The third-order valence-electron chi connectivity index (χ3n) is 7.65. The summed E-state index contributed by atoms with van der Waals surface area (Å²) < 4.78 is 44.1. The molecule has 2 heterocycles. The van der Waals surface area contributed by atoms with Crippen molar-refractivity contribution in [3.05, 3.63) is 65.2 Å². The number of alkyl halides is 3. The first-order chi connectivity index (χ1) is 19.2. The Hall–Kier alpha value is -3.80. The molecular formula is C28H32F3N5O4. The number of anilines is 1. The second-order valence-electron chi connectivity index (χ2n) is 10.2. The van der Waals surface area contributed by atoms with Crippen molar-refractivity contribution in [3.8, 4) is 0 Å². The molecule has 2 saturated heterocycles. The number of amides is 5. The van der Waals surface area contributed by atoms with Crippen LogP contribution in [0.5, 0.6) is 0 Å². The molecule has 2 aromatic rings. The van der Waals surface area contributed by atoms with Gasteiger partial charge in [0.25, 0.3) is 0 Å². The van der Waals surface area contributed by atoms with Gasteiger partial charge in [-0.2, -0.15) is 13.2 Å². The fourth-order valence-electron chi connectivity index (χ4n) is 5.47. The van der Waals surface area contributed by atoms with Gasteiger partial charge in [-0.1, -0.05) is 24.3 Å². The number of morpholine rings is 1. The van der Waals surface area contributed by atoms with Gasteiger partial charge in [0.15, 0.2) is 0 Å². The molecule has 12 heteroatoms. The van der Waals surface area contributed by atoms with E-state index in [2.05, 4.69) is 16.7 Å². The van der Waals surface area contributed by atoms with E-state index < -0.39 is 23.8 Å². The Morgan fingerprint density at radius 2 is 1.62 bits per heavy atom. The van der Waals surface area contributed by atoms with Gasteiger partial charge < -0.3 is 30.1 Å². The number of ether oxygens (including phenoxy) is 1. The SMILES string of the molecule is O=C(NC1CCCc2ccccc21)C1CN(C(=O)Nc2ccc(C(F)(F)F)cc2)CCN1C(=O)N1CCOCC1. The normalized spacial score (nSPS) is 21.4. The topological polar surface area (TPSA) is 94.2 Å². The van der Waals surface area contributed by atoms with E-state index in [4.69, 9.17) is 4.74 Å². The maximum absolute atomic E-state index is 13.7. The maximum atomic E-state index is 13.7. The zero-order valence-electron chi connectivity index (χ0n) is 22.0. The number of carbonyl (C=O) groups is 3. The molecule has 5 amide bonds. The zero-order chi connectivity index (χ0) is 28.3. The van der Waals surface area contributed by atoms with Crippen LogP contribution >= 0.6 is 0 Å². The number of hydrogen-bond donors (Lipinski definition) is 2. The van der Waals surface area contributed by atoms with Crippen LogP contribution in [0.1, 0.15) is 35.6 Å². The highest BCUT2D eigenvalue weighted by Gasteiger charge is 2.40. The van der Waals surface area contributed by atoms with Crippen LogP contribution in [0.3, 0.4) is 0 Å². The molecule has 2 N–H and O–H groups in total. The standard InChI is InChI=1S/C28H32F3N5O4/c29-28(30,31)20-8-10-21(11-9-20)32-26(38)35-12-13-36(27(39)34-14-16-40-17-15-34)24(18-35)25(37)33-23-7-3-5-19-4-1-2-6-22(19)23/h1-2,4,6,8-11,23-24H,3,5,7,12-18H2,(H,32,38)(H,33,37). The molecule has 214 valence electrons.